The van der Waals surface area contributed by atoms with Gasteiger partial charge in [0.1, 0.15) is 23.4 Å². The van der Waals surface area contributed by atoms with Crippen molar-refractivity contribution in [3.05, 3.63) is 47.8 Å². The predicted octanol–water partition coefficient (Wildman–Crippen LogP) is 3.59. The number of sulfonamides is 1. The van der Waals surface area contributed by atoms with Gasteiger partial charge in [0.15, 0.2) is 0 Å². The molecule has 172 valence electrons. The van der Waals surface area contributed by atoms with Gasteiger partial charge in [-0.1, -0.05) is 0 Å². The molecule has 1 fully saturated rings. The lowest BCUT2D eigenvalue weighted by Gasteiger charge is -2.31. The number of carbonyl (C=O) groups is 1. The quantitative estimate of drug-likeness (QED) is 0.709. The van der Waals surface area contributed by atoms with Gasteiger partial charge in [-0.25, -0.2) is 12.8 Å². The van der Waals surface area contributed by atoms with Crippen LogP contribution in [0, 0.1) is 11.7 Å². The van der Waals surface area contributed by atoms with Crippen molar-refractivity contribution >= 4 is 21.6 Å². The minimum Gasteiger partial charge on any atom is -0.492 e. The van der Waals surface area contributed by atoms with E-state index in [0.717, 1.165) is 29.9 Å². The third-order valence-electron chi connectivity index (χ3n) is 5.76. The maximum atomic E-state index is 13.2. The number of piperidine rings is 1. The Morgan fingerprint density at radius 2 is 2.03 bits per heavy atom. The van der Waals surface area contributed by atoms with Crippen LogP contribution in [0.4, 0.5) is 10.1 Å². The molecule has 0 saturated carbocycles. The summed E-state index contributed by atoms with van der Waals surface area (Å²) in [7, 11) is -3.81. The lowest BCUT2D eigenvalue weighted by Crippen LogP contribution is -2.43. The van der Waals surface area contributed by atoms with Gasteiger partial charge in [-0.3, -0.25) is 4.79 Å². The van der Waals surface area contributed by atoms with Crippen LogP contribution in [0.1, 0.15) is 32.3 Å². The second-order valence-electron chi connectivity index (χ2n) is 8.17. The molecule has 2 aromatic rings. The fraction of sp³-hybridized carbons (Fsp3) is 0.435. The van der Waals surface area contributed by atoms with E-state index >= 15 is 0 Å². The van der Waals surface area contributed by atoms with Crippen LogP contribution in [0.15, 0.2) is 41.3 Å². The maximum absolute atomic E-state index is 13.2. The average Bonchev–Trinajstić information content (AvgIpc) is 3.13. The minimum atomic E-state index is -3.81. The summed E-state index contributed by atoms with van der Waals surface area (Å²) in [6, 6.07) is 8.39. The van der Waals surface area contributed by atoms with Gasteiger partial charge >= 0.3 is 0 Å². The fourth-order valence-electron chi connectivity index (χ4n) is 4.18. The molecule has 0 aliphatic carbocycles. The molecule has 2 aliphatic rings. The van der Waals surface area contributed by atoms with Crippen LogP contribution in [0.3, 0.4) is 0 Å². The normalized spacial score (nSPS) is 21.0. The number of amides is 1. The van der Waals surface area contributed by atoms with Crippen molar-refractivity contribution in [2.75, 3.05) is 25.0 Å². The minimum absolute atomic E-state index is 0.0171. The van der Waals surface area contributed by atoms with E-state index in [0.29, 0.717) is 37.4 Å². The number of hydrogen-bond acceptors (Lipinski definition) is 5. The third-order valence-corrected chi connectivity index (χ3v) is 7.64. The van der Waals surface area contributed by atoms with Crippen LogP contribution in [0.2, 0.25) is 0 Å². The molecule has 1 saturated heterocycles. The zero-order valence-electron chi connectivity index (χ0n) is 18.1. The first kappa shape index (κ1) is 22.5. The summed E-state index contributed by atoms with van der Waals surface area (Å²) in [4.78, 5) is 13.1. The van der Waals surface area contributed by atoms with Gasteiger partial charge in [-0.2, -0.15) is 4.31 Å². The van der Waals surface area contributed by atoms with Gasteiger partial charge in [-0.15, -0.1) is 0 Å². The van der Waals surface area contributed by atoms with Crippen LogP contribution >= 0.6 is 0 Å². The summed E-state index contributed by atoms with van der Waals surface area (Å²) in [6.45, 7) is 4.69. The molecule has 0 spiro atoms. The Labute approximate surface area is 187 Å². The number of anilines is 1. The number of benzene rings is 2. The number of nitrogens with one attached hydrogen (secondary N) is 1. The van der Waals surface area contributed by atoms with E-state index in [1.54, 1.807) is 6.07 Å². The molecule has 4 rings (SSSR count). The number of carbonyl (C=O) groups excluding carboxylic acids is 1. The van der Waals surface area contributed by atoms with E-state index in [1.165, 1.54) is 16.4 Å². The predicted molar refractivity (Wildman–Crippen MR) is 118 cm³/mol. The highest BCUT2D eigenvalue weighted by molar-refractivity contribution is 7.89. The third kappa shape index (κ3) is 4.59. The second kappa shape index (κ2) is 9.07. The maximum Gasteiger partial charge on any atom is 0.243 e. The van der Waals surface area contributed by atoms with E-state index < -0.39 is 21.8 Å². The van der Waals surface area contributed by atoms with Gasteiger partial charge in [0, 0.05) is 31.1 Å². The lowest BCUT2D eigenvalue weighted by atomic mass is 9.98. The number of rotatable bonds is 6. The van der Waals surface area contributed by atoms with E-state index in [4.69, 9.17) is 9.47 Å². The van der Waals surface area contributed by atoms with Crippen molar-refractivity contribution in [2.24, 2.45) is 5.92 Å². The first-order chi connectivity index (χ1) is 15.3. The molecule has 1 N–H and O–H groups in total. The SMILES string of the molecule is CCOc1cc2c(cc1NC(=O)[C@H]1CCCN(S(=O)(=O)c3ccc(F)cc3)C1)O[C@@H](C)C2. The smallest absolute Gasteiger partial charge is 0.243 e. The van der Waals surface area contributed by atoms with Crippen LogP contribution < -0.4 is 14.8 Å². The first-order valence-electron chi connectivity index (χ1n) is 10.8. The monoisotopic (exact) mass is 462 g/mol. The fourth-order valence-corrected chi connectivity index (χ4v) is 5.70. The Bertz CT molecular complexity index is 1100. The van der Waals surface area contributed by atoms with Crippen molar-refractivity contribution < 1.29 is 27.1 Å². The number of hydrogen-bond donors (Lipinski definition) is 1. The standard InChI is InChI=1S/C23H27FN2O5S/c1-3-30-22-12-17-11-15(2)31-21(17)13-20(22)25-23(27)16-5-4-10-26(14-16)32(28,29)19-8-6-18(24)7-9-19/h6-9,12-13,15-16H,3-5,10-11,14H2,1-2H3,(H,25,27)/t15-,16-/m0/s1. The largest absolute Gasteiger partial charge is 0.492 e. The highest BCUT2D eigenvalue weighted by Crippen LogP contribution is 2.38. The first-order valence-corrected chi connectivity index (χ1v) is 12.2. The van der Waals surface area contributed by atoms with Gasteiger partial charge in [0.25, 0.3) is 0 Å². The van der Waals surface area contributed by atoms with Gasteiger partial charge in [0.05, 0.1) is 23.1 Å². The summed E-state index contributed by atoms with van der Waals surface area (Å²) in [5.41, 5.74) is 1.55. The molecule has 2 atom stereocenters. The lowest BCUT2D eigenvalue weighted by molar-refractivity contribution is -0.120. The summed E-state index contributed by atoms with van der Waals surface area (Å²) in [5, 5.41) is 2.91. The highest BCUT2D eigenvalue weighted by atomic mass is 32.2. The van der Waals surface area contributed by atoms with Gasteiger partial charge in [0.2, 0.25) is 15.9 Å². The molecule has 7 nitrogen and oxygen atoms in total. The Balaban J connectivity index is 1.50. The van der Waals surface area contributed by atoms with Gasteiger partial charge in [-0.05, 0) is 57.0 Å². The summed E-state index contributed by atoms with van der Waals surface area (Å²) in [5.74, 6) is 0.0134. The molecule has 32 heavy (non-hydrogen) atoms. The Hall–Kier alpha value is -2.65. The summed E-state index contributed by atoms with van der Waals surface area (Å²) < 4.78 is 51.9. The second-order valence-corrected chi connectivity index (χ2v) is 10.1. The topological polar surface area (TPSA) is 84.9 Å². The van der Waals surface area contributed by atoms with Crippen molar-refractivity contribution in [3.8, 4) is 11.5 Å². The van der Waals surface area contributed by atoms with Gasteiger partial charge < -0.3 is 14.8 Å². The number of fused-ring (bicyclic) bond motifs is 1. The molecule has 0 bridgehead atoms. The summed E-state index contributed by atoms with van der Waals surface area (Å²) >= 11 is 0. The van der Waals surface area contributed by atoms with Crippen molar-refractivity contribution in [1.82, 2.24) is 4.31 Å². The molecule has 2 aliphatic heterocycles. The number of ether oxygens (including phenoxy) is 2. The highest BCUT2D eigenvalue weighted by Gasteiger charge is 2.34. The zero-order chi connectivity index (χ0) is 22.9. The molecular formula is C23H27FN2O5S. The van der Waals surface area contributed by atoms with Crippen LogP contribution in [-0.2, 0) is 21.2 Å². The average molecular weight is 463 g/mol. The van der Waals surface area contributed by atoms with Crippen LogP contribution in [0.5, 0.6) is 11.5 Å². The number of nitrogens with zero attached hydrogens (tertiary/aromatic N) is 1. The van der Waals surface area contributed by atoms with E-state index in [9.17, 15) is 17.6 Å². The van der Waals surface area contributed by atoms with E-state index in [-0.39, 0.29) is 23.5 Å². The van der Waals surface area contributed by atoms with Crippen molar-refractivity contribution in [3.63, 3.8) is 0 Å². The molecule has 2 aromatic carbocycles. The van der Waals surface area contributed by atoms with Crippen molar-refractivity contribution in [2.45, 2.75) is 44.1 Å². The Morgan fingerprint density at radius 1 is 1.28 bits per heavy atom. The molecular weight excluding hydrogens is 435 g/mol. The molecule has 0 unspecified atom stereocenters. The van der Waals surface area contributed by atoms with Crippen molar-refractivity contribution in [1.29, 1.82) is 0 Å². The molecule has 9 heteroatoms. The van der Waals surface area contributed by atoms with Crippen LogP contribution in [0.25, 0.3) is 0 Å². The van der Waals surface area contributed by atoms with E-state index in [2.05, 4.69) is 5.32 Å². The Morgan fingerprint density at radius 3 is 2.75 bits per heavy atom. The molecule has 1 amide bonds. The molecule has 0 radical (unpaired) electrons. The zero-order valence-corrected chi connectivity index (χ0v) is 19.0. The Kier molecular flexibility index (Phi) is 6.39. The van der Waals surface area contributed by atoms with E-state index in [1.807, 2.05) is 19.9 Å². The summed E-state index contributed by atoms with van der Waals surface area (Å²) in [6.07, 6.45) is 1.97. The van der Waals surface area contributed by atoms with Crippen LogP contribution in [-0.4, -0.2) is 44.4 Å². The molecule has 2 heterocycles. The number of halogens is 1. The molecule has 0 aromatic heterocycles.